The van der Waals surface area contributed by atoms with Gasteiger partial charge in [0.2, 0.25) is 0 Å². The van der Waals surface area contributed by atoms with Crippen LogP contribution in [0.3, 0.4) is 0 Å². The highest BCUT2D eigenvalue weighted by atomic mass is 79.9. The van der Waals surface area contributed by atoms with Gasteiger partial charge in [-0.15, -0.1) is 0 Å². The van der Waals surface area contributed by atoms with E-state index in [9.17, 15) is 0 Å². The van der Waals surface area contributed by atoms with E-state index in [2.05, 4.69) is 51.2 Å². The molecule has 110 valence electrons. The Balaban J connectivity index is 1.87. The Labute approximate surface area is 133 Å². The molecule has 0 spiro atoms. The highest BCUT2D eigenvalue weighted by molar-refractivity contribution is 9.10. The normalized spacial score (nSPS) is 14.3. The number of ether oxygens (including phenoxy) is 1. The molecule has 0 bridgehead atoms. The van der Waals surface area contributed by atoms with Crippen molar-refractivity contribution in [1.29, 1.82) is 0 Å². The van der Waals surface area contributed by atoms with Crippen LogP contribution in [0.1, 0.15) is 17.5 Å². The zero-order chi connectivity index (χ0) is 14.7. The number of benzene rings is 2. The van der Waals surface area contributed by atoms with Crippen LogP contribution in [-0.2, 0) is 13.1 Å². The minimum absolute atomic E-state index is 0.569. The molecule has 3 rings (SSSR count). The molecule has 0 saturated heterocycles. The summed E-state index contributed by atoms with van der Waals surface area (Å²) in [7, 11) is 0. The first-order valence-corrected chi connectivity index (χ1v) is 8.01. The van der Waals surface area contributed by atoms with Crippen LogP contribution in [0.2, 0.25) is 0 Å². The van der Waals surface area contributed by atoms with Gasteiger partial charge in [-0.05, 0) is 35.7 Å². The second kappa shape index (κ2) is 6.50. The lowest BCUT2D eigenvalue weighted by atomic mass is 10.1. The molecule has 2 N–H and O–H groups in total. The maximum atomic E-state index is 5.81. The molecule has 2 aromatic rings. The van der Waals surface area contributed by atoms with Crippen LogP contribution in [0.25, 0.3) is 0 Å². The zero-order valence-corrected chi connectivity index (χ0v) is 13.5. The van der Waals surface area contributed by atoms with Gasteiger partial charge >= 0.3 is 0 Å². The highest BCUT2D eigenvalue weighted by Gasteiger charge is 2.16. The molecule has 0 radical (unpaired) electrons. The van der Waals surface area contributed by atoms with Crippen molar-refractivity contribution in [3.63, 3.8) is 0 Å². The zero-order valence-electron chi connectivity index (χ0n) is 11.9. The molecule has 0 amide bonds. The summed E-state index contributed by atoms with van der Waals surface area (Å²) in [6, 6.07) is 14.6. The minimum Gasteiger partial charge on any atom is -0.491 e. The largest absolute Gasteiger partial charge is 0.491 e. The summed E-state index contributed by atoms with van der Waals surface area (Å²) in [5.41, 5.74) is 9.27. The number of nitrogens with two attached hydrogens (primary N) is 1. The average Bonchev–Trinajstić information content (AvgIpc) is 2.72. The van der Waals surface area contributed by atoms with Crippen LogP contribution >= 0.6 is 15.9 Å². The maximum absolute atomic E-state index is 5.81. The lowest BCUT2D eigenvalue weighted by Gasteiger charge is -2.24. The quantitative estimate of drug-likeness (QED) is 0.920. The molecule has 2 aromatic carbocycles. The van der Waals surface area contributed by atoms with E-state index in [0.29, 0.717) is 6.54 Å². The molecular weight excluding hydrogens is 328 g/mol. The molecular formula is C17H19BrN2O. The van der Waals surface area contributed by atoms with Crippen molar-refractivity contribution in [2.45, 2.75) is 19.5 Å². The van der Waals surface area contributed by atoms with Crippen LogP contribution in [0.4, 0.5) is 5.69 Å². The average molecular weight is 347 g/mol. The highest BCUT2D eigenvalue weighted by Crippen LogP contribution is 2.32. The van der Waals surface area contributed by atoms with E-state index in [1.54, 1.807) is 0 Å². The Hall–Kier alpha value is -1.52. The van der Waals surface area contributed by atoms with Gasteiger partial charge in [-0.2, -0.15) is 0 Å². The fraction of sp³-hybridized carbons (Fsp3) is 0.294. The molecule has 0 aliphatic carbocycles. The number of nitrogens with zero attached hydrogens (tertiary/aromatic N) is 1. The van der Waals surface area contributed by atoms with E-state index >= 15 is 0 Å². The molecule has 4 heteroatoms. The Kier molecular flexibility index (Phi) is 4.46. The summed E-state index contributed by atoms with van der Waals surface area (Å²) < 4.78 is 6.93. The number of para-hydroxylation sites is 2. The van der Waals surface area contributed by atoms with Gasteiger partial charge in [0.05, 0.1) is 12.3 Å². The summed E-state index contributed by atoms with van der Waals surface area (Å²) >= 11 is 3.66. The molecule has 1 aliphatic rings. The van der Waals surface area contributed by atoms with Gasteiger partial charge in [-0.25, -0.2) is 0 Å². The number of rotatable bonds is 3. The van der Waals surface area contributed by atoms with Crippen molar-refractivity contribution in [3.05, 3.63) is 58.1 Å². The van der Waals surface area contributed by atoms with Crippen LogP contribution in [0.15, 0.2) is 46.9 Å². The topological polar surface area (TPSA) is 38.5 Å². The number of anilines is 1. The molecule has 21 heavy (non-hydrogen) atoms. The van der Waals surface area contributed by atoms with Crippen molar-refractivity contribution < 1.29 is 4.74 Å². The molecule has 0 atom stereocenters. The lowest BCUT2D eigenvalue weighted by Crippen LogP contribution is -2.23. The molecule has 0 aromatic heterocycles. The number of hydrogen-bond donors (Lipinski definition) is 1. The Morgan fingerprint density at radius 3 is 2.86 bits per heavy atom. The predicted molar refractivity (Wildman–Crippen MR) is 89.6 cm³/mol. The second-order valence-electron chi connectivity index (χ2n) is 5.22. The molecule has 3 nitrogen and oxygen atoms in total. The van der Waals surface area contributed by atoms with Gasteiger partial charge in [0, 0.05) is 24.1 Å². The smallest absolute Gasteiger partial charge is 0.142 e. The predicted octanol–water partition coefficient (Wildman–Crippen LogP) is 3.70. The van der Waals surface area contributed by atoms with Crippen LogP contribution in [0, 0.1) is 0 Å². The molecule has 0 unspecified atom stereocenters. The minimum atomic E-state index is 0.569. The van der Waals surface area contributed by atoms with Crippen molar-refractivity contribution in [3.8, 4) is 5.75 Å². The third-order valence-corrected chi connectivity index (χ3v) is 4.49. The van der Waals surface area contributed by atoms with Gasteiger partial charge in [-0.3, -0.25) is 0 Å². The fourth-order valence-corrected chi connectivity index (χ4v) is 3.17. The van der Waals surface area contributed by atoms with Gasteiger partial charge in [-0.1, -0.05) is 40.2 Å². The van der Waals surface area contributed by atoms with Gasteiger partial charge < -0.3 is 15.4 Å². The Morgan fingerprint density at radius 2 is 2.05 bits per heavy atom. The van der Waals surface area contributed by atoms with E-state index in [1.165, 1.54) is 11.3 Å². The summed E-state index contributed by atoms with van der Waals surface area (Å²) in [6.07, 6.45) is 1.03. The Morgan fingerprint density at radius 1 is 1.19 bits per heavy atom. The van der Waals surface area contributed by atoms with Gasteiger partial charge in [0.15, 0.2) is 0 Å². The van der Waals surface area contributed by atoms with E-state index < -0.39 is 0 Å². The first kappa shape index (κ1) is 14.4. The first-order valence-electron chi connectivity index (χ1n) is 7.22. The number of fused-ring (bicyclic) bond motifs is 1. The number of halogens is 1. The second-order valence-corrected chi connectivity index (χ2v) is 6.08. The van der Waals surface area contributed by atoms with Crippen molar-refractivity contribution in [2.24, 2.45) is 5.73 Å². The van der Waals surface area contributed by atoms with Crippen molar-refractivity contribution in [1.82, 2.24) is 0 Å². The summed E-state index contributed by atoms with van der Waals surface area (Å²) in [4.78, 5) is 2.38. The number of hydrogen-bond acceptors (Lipinski definition) is 3. The maximum Gasteiger partial charge on any atom is 0.142 e. The van der Waals surface area contributed by atoms with Crippen LogP contribution < -0.4 is 15.4 Å². The summed E-state index contributed by atoms with van der Waals surface area (Å²) in [6.45, 7) is 3.22. The van der Waals surface area contributed by atoms with E-state index in [0.717, 1.165) is 41.9 Å². The lowest BCUT2D eigenvalue weighted by molar-refractivity contribution is 0.322. The first-order chi connectivity index (χ1) is 10.3. The van der Waals surface area contributed by atoms with Gasteiger partial charge in [0.25, 0.3) is 0 Å². The third-order valence-electron chi connectivity index (χ3n) is 3.75. The molecule has 1 aliphatic heterocycles. The summed E-state index contributed by atoms with van der Waals surface area (Å²) in [5.74, 6) is 0.977. The molecule has 0 fully saturated rings. The van der Waals surface area contributed by atoms with Crippen molar-refractivity contribution >= 4 is 21.6 Å². The van der Waals surface area contributed by atoms with E-state index in [4.69, 9.17) is 10.5 Å². The summed E-state index contributed by atoms with van der Waals surface area (Å²) in [5, 5.41) is 0. The van der Waals surface area contributed by atoms with E-state index in [1.807, 2.05) is 12.1 Å². The monoisotopic (exact) mass is 346 g/mol. The third kappa shape index (κ3) is 3.22. The van der Waals surface area contributed by atoms with Crippen LogP contribution in [0.5, 0.6) is 5.75 Å². The molecule has 1 heterocycles. The fourth-order valence-electron chi connectivity index (χ4n) is 2.61. The standard InChI is InChI=1S/C17H19BrN2O/c18-15-10-13(11-19)6-7-14(15)12-20-8-3-9-21-17-5-2-1-4-16(17)20/h1-2,4-7,10H,3,8-9,11-12,19H2. The van der Waals surface area contributed by atoms with Gasteiger partial charge in [0.1, 0.15) is 5.75 Å². The van der Waals surface area contributed by atoms with Crippen LogP contribution in [-0.4, -0.2) is 13.2 Å². The molecule has 0 saturated carbocycles. The Bertz CT molecular complexity index is 630. The van der Waals surface area contributed by atoms with Crippen molar-refractivity contribution in [2.75, 3.05) is 18.1 Å². The SMILES string of the molecule is NCc1ccc(CN2CCCOc3ccccc32)c(Br)c1. The van der Waals surface area contributed by atoms with E-state index in [-0.39, 0.29) is 0 Å².